The van der Waals surface area contributed by atoms with Gasteiger partial charge in [0.25, 0.3) is 0 Å². The first-order valence-corrected chi connectivity index (χ1v) is 5.79. The molecule has 0 fully saturated rings. The third-order valence-electron chi connectivity index (χ3n) is 1.99. The molecule has 2 N–H and O–H groups in total. The minimum absolute atomic E-state index is 0.216. The van der Waals surface area contributed by atoms with Crippen LogP contribution >= 0.6 is 28.1 Å². The first kappa shape index (κ1) is 11.2. The van der Waals surface area contributed by atoms with Crippen molar-refractivity contribution in [2.45, 2.75) is 6.54 Å². The lowest BCUT2D eigenvalue weighted by atomic mass is 10.2. The van der Waals surface area contributed by atoms with Gasteiger partial charge < -0.3 is 5.73 Å². The van der Waals surface area contributed by atoms with Crippen LogP contribution in [0.2, 0.25) is 0 Å². The van der Waals surface area contributed by atoms with Crippen molar-refractivity contribution in [3.63, 3.8) is 0 Å². The molecule has 16 heavy (non-hydrogen) atoms. The van der Waals surface area contributed by atoms with E-state index in [1.165, 1.54) is 0 Å². The summed E-state index contributed by atoms with van der Waals surface area (Å²) in [6.45, 7) is 0.648. The molecule has 6 heteroatoms. The lowest BCUT2D eigenvalue weighted by molar-refractivity contribution is 0.683. The number of thiocarbonyl (C=S) groups is 1. The van der Waals surface area contributed by atoms with Crippen molar-refractivity contribution in [2.24, 2.45) is 5.73 Å². The fourth-order valence-electron chi connectivity index (χ4n) is 1.31. The van der Waals surface area contributed by atoms with Crippen LogP contribution in [0.1, 0.15) is 11.4 Å². The van der Waals surface area contributed by atoms with E-state index in [4.69, 9.17) is 18.0 Å². The Labute approximate surface area is 107 Å². The highest BCUT2D eigenvalue weighted by Crippen LogP contribution is 2.12. The smallest absolute Gasteiger partial charge is 0.208 e. The minimum atomic E-state index is 0.216. The maximum atomic E-state index is 5.43. The summed E-state index contributed by atoms with van der Waals surface area (Å²) in [7, 11) is 0. The quantitative estimate of drug-likeness (QED) is 0.877. The molecular formula is C10H9BrN4S. The van der Waals surface area contributed by atoms with E-state index in [0.29, 0.717) is 12.4 Å². The van der Waals surface area contributed by atoms with Crippen LogP contribution in [0.5, 0.6) is 0 Å². The predicted molar refractivity (Wildman–Crippen MR) is 69.2 cm³/mol. The zero-order chi connectivity index (χ0) is 11.5. The fraction of sp³-hybridized carbons (Fsp3) is 0.100. The van der Waals surface area contributed by atoms with Crippen LogP contribution < -0.4 is 5.73 Å². The van der Waals surface area contributed by atoms with Crippen molar-refractivity contribution < 1.29 is 0 Å². The molecule has 0 unspecified atom stereocenters. The van der Waals surface area contributed by atoms with Crippen molar-refractivity contribution in [2.75, 3.05) is 0 Å². The van der Waals surface area contributed by atoms with E-state index in [2.05, 4.69) is 26.0 Å². The van der Waals surface area contributed by atoms with Crippen molar-refractivity contribution in [3.05, 3.63) is 46.5 Å². The van der Waals surface area contributed by atoms with Crippen LogP contribution in [0.3, 0.4) is 0 Å². The fourth-order valence-corrected chi connectivity index (χ4v) is 1.85. The summed E-state index contributed by atoms with van der Waals surface area (Å²) in [5, 5.41) is 4.16. The average molecular weight is 297 g/mol. The monoisotopic (exact) mass is 296 g/mol. The molecule has 0 bridgehead atoms. The topological polar surface area (TPSA) is 56.7 Å². The normalized spacial score (nSPS) is 10.3. The van der Waals surface area contributed by atoms with E-state index < -0.39 is 0 Å². The molecule has 82 valence electrons. The number of aromatic nitrogens is 3. The number of benzene rings is 1. The molecule has 1 aromatic heterocycles. The second-order valence-corrected chi connectivity index (χ2v) is 4.62. The third kappa shape index (κ3) is 2.65. The Bertz CT molecular complexity index is 523. The highest BCUT2D eigenvalue weighted by atomic mass is 79.9. The zero-order valence-corrected chi connectivity index (χ0v) is 10.7. The first-order chi connectivity index (χ1) is 7.65. The maximum absolute atomic E-state index is 5.43. The first-order valence-electron chi connectivity index (χ1n) is 4.59. The van der Waals surface area contributed by atoms with Crippen molar-refractivity contribution >= 4 is 33.1 Å². The molecule has 0 saturated carbocycles. The summed E-state index contributed by atoms with van der Waals surface area (Å²) in [4.78, 5) is 4.22. The predicted octanol–water partition coefficient (Wildman–Crippen LogP) is 1.72. The van der Waals surface area contributed by atoms with Gasteiger partial charge in [0.15, 0.2) is 0 Å². The van der Waals surface area contributed by atoms with Crippen LogP contribution in [0.15, 0.2) is 35.1 Å². The van der Waals surface area contributed by atoms with Gasteiger partial charge in [-0.15, -0.1) is 5.10 Å². The van der Waals surface area contributed by atoms with Gasteiger partial charge in [-0.1, -0.05) is 40.3 Å². The minimum Gasteiger partial charge on any atom is -0.387 e. The molecule has 2 aromatic rings. The van der Waals surface area contributed by atoms with E-state index in [9.17, 15) is 0 Å². The number of halogens is 1. The summed E-state index contributed by atoms with van der Waals surface area (Å²) in [6.07, 6.45) is 1.62. The van der Waals surface area contributed by atoms with Gasteiger partial charge in [0, 0.05) is 4.47 Å². The second-order valence-electron chi connectivity index (χ2n) is 3.26. The van der Waals surface area contributed by atoms with Crippen LogP contribution in [-0.2, 0) is 6.54 Å². The molecule has 0 radical (unpaired) electrons. The molecule has 0 spiro atoms. The van der Waals surface area contributed by atoms with Crippen LogP contribution in [0.25, 0.3) is 0 Å². The molecular weight excluding hydrogens is 288 g/mol. The van der Waals surface area contributed by atoms with E-state index in [0.717, 1.165) is 10.0 Å². The lowest BCUT2D eigenvalue weighted by Crippen LogP contribution is -2.12. The molecule has 0 aliphatic heterocycles. The Morgan fingerprint density at radius 3 is 2.94 bits per heavy atom. The Kier molecular flexibility index (Phi) is 3.31. The van der Waals surface area contributed by atoms with E-state index in [1.807, 2.05) is 24.3 Å². The molecule has 0 aliphatic rings. The number of hydrogen-bond acceptors (Lipinski definition) is 3. The van der Waals surface area contributed by atoms with E-state index in [-0.39, 0.29) is 4.99 Å². The standard InChI is InChI=1S/C10H9BrN4S/c11-8-3-1-2-7(4-8)5-15-6-13-10(14-15)9(12)16/h1-4,6H,5H2,(H2,12,16). The van der Waals surface area contributed by atoms with Gasteiger partial charge in [0.05, 0.1) is 6.54 Å². The second kappa shape index (κ2) is 4.71. The SMILES string of the molecule is NC(=S)c1ncn(Cc2cccc(Br)c2)n1. The highest BCUT2D eigenvalue weighted by Gasteiger charge is 2.03. The van der Waals surface area contributed by atoms with Gasteiger partial charge in [0.2, 0.25) is 5.82 Å². The number of nitrogens with zero attached hydrogens (tertiary/aromatic N) is 3. The van der Waals surface area contributed by atoms with Crippen molar-refractivity contribution in [1.82, 2.24) is 14.8 Å². The molecule has 2 rings (SSSR count). The molecule has 0 aliphatic carbocycles. The van der Waals surface area contributed by atoms with Gasteiger partial charge in [-0.05, 0) is 17.7 Å². The van der Waals surface area contributed by atoms with Crippen molar-refractivity contribution in [3.8, 4) is 0 Å². The van der Waals surface area contributed by atoms with Gasteiger partial charge in [-0.3, -0.25) is 0 Å². The molecule has 1 aromatic carbocycles. The van der Waals surface area contributed by atoms with Crippen LogP contribution in [-0.4, -0.2) is 19.8 Å². The van der Waals surface area contributed by atoms with Crippen LogP contribution in [0, 0.1) is 0 Å². The zero-order valence-electron chi connectivity index (χ0n) is 8.30. The van der Waals surface area contributed by atoms with Crippen LogP contribution in [0.4, 0.5) is 0 Å². The van der Waals surface area contributed by atoms with E-state index in [1.54, 1.807) is 11.0 Å². The average Bonchev–Trinajstić information content (AvgIpc) is 2.66. The summed E-state index contributed by atoms with van der Waals surface area (Å²) in [5.41, 5.74) is 6.56. The summed E-state index contributed by atoms with van der Waals surface area (Å²) in [5.74, 6) is 0.407. The highest BCUT2D eigenvalue weighted by molar-refractivity contribution is 9.10. The van der Waals surface area contributed by atoms with Gasteiger partial charge in [0.1, 0.15) is 11.3 Å². The molecule has 4 nitrogen and oxygen atoms in total. The van der Waals surface area contributed by atoms with Gasteiger partial charge >= 0.3 is 0 Å². The van der Waals surface area contributed by atoms with Gasteiger partial charge in [-0.25, -0.2) is 9.67 Å². The number of hydrogen-bond donors (Lipinski definition) is 1. The lowest BCUT2D eigenvalue weighted by Gasteiger charge is -2.01. The number of nitrogens with two attached hydrogens (primary N) is 1. The Morgan fingerprint density at radius 1 is 1.50 bits per heavy atom. The molecule has 0 atom stereocenters. The largest absolute Gasteiger partial charge is 0.387 e. The molecule has 0 saturated heterocycles. The number of rotatable bonds is 3. The van der Waals surface area contributed by atoms with Gasteiger partial charge in [-0.2, -0.15) is 0 Å². The molecule has 1 heterocycles. The maximum Gasteiger partial charge on any atom is 0.208 e. The van der Waals surface area contributed by atoms with E-state index >= 15 is 0 Å². The summed E-state index contributed by atoms with van der Waals surface area (Å²) >= 11 is 8.21. The summed E-state index contributed by atoms with van der Waals surface area (Å²) < 4.78 is 2.75. The van der Waals surface area contributed by atoms with Crippen molar-refractivity contribution in [1.29, 1.82) is 0 Å². The Hall–Kier alpha value is -1.27. The Balaban J connectivity index is 2.17. The Morgan fingerprint density at radius 2 is 2.31 bits per heavy atom. The molecule has 0 amide bonds. The third-order valence-corrected chi connectivity index (χ3v) is 2.67. The summed E-state index contributed by atoms with van der Waals surface area (Å²) in [6, 6.07) is 8.01.